The van der Waals surface area contributed by atoms with Gasteiger partial charge < -0.3 is 15.2 Å². The predicted molar refractivity (Wildman–Crippen MR) is 55.3 cm³/mol. The summed E-state index contributed by atoms with van der Waals surface area (Å²) < 4.78 is 4.97. The Kier molecular flexibility index (Phi) is 3.07. The molecule has 0 spiro atoms. The number of carboxylic acids is 1. The number of carbonyl (C=O) groups is 1. The largest absolute Gasteiger partial charge is 0.479 e. The lowest BCUT2D eigenvalue weighted by atomic mass is 9.95. The topological polar surface area (TPSA) is 75.6 Å². The highest BCUT2D eigenvalue weighted by atomic mass is 32.1. The summed E-state index contributed by atoms with van der Waals surface area (Å²) in [6, 6.07) is 0. The summed E-state index contributed by atoms with van der Waals surface area (Å²) in [6.45, 7) is 1.40. The van der Waals surface area contributed by atoms with Gasteiger partial charge in [0.05, 0.1) is 5.57 Å². The van der Waals surface area contributed by atoms with Crippen molar-refractivity contribution in [3.8, 4) is 0 Å². The molecule has 6 heteroatoms. The van der Waals surface area contributed by atoms with Crippen LogP contribution in [0.15, 0.2) is 11.3 Å². The van der Waals surface area contributed by atoms with Crippen LogP contribution in [0.5, 0.6) is 0 Å². The van der Waals surface area contributed by atoms with Crippen molar-refractivity contribution in [2.24, 2.45) is 0 Å². The highest BCUT2D eigenvalue weighted by Gasteiger charge is 2.52. The summed E-state index contributed by atoms with van der Waals surface area (Å²) in [5.41, 5.74) is -1.21. The molecule has 0 aliphatic carbocycles. The summed E-state index contributed by atoms with van der Waals surface area (Å²) in [5.74, 6) is 0.489. The van der Waals surface area contributed by atoms with Crippen molar-refractivity contribution in [2.45, 2.75) is 18.6 Å². The second kappa shape index (κ2) is 3.96. The van der Waals surface area contributed by atoms with Gasteiger partial charge in [-0.25, -0.2) is 9.59 Å². The van der Waals surface area contributed by atoms with E-state index in [1.165, 1.54) is 14.0 Å². The molecule has 0 aromatic heterocycles. The maximum atomic E-state index is 11.1. The SMILES string of the molecule is COC1C(=C=O)C(=C=S)N[C@]1(C)C(=O)O. The fourth-order valence-corrected chi connectivity index (χ4v) is 1.68. The van der Waals surface area contributed by atoms with E-state index in [4.69, 9.17) is 9.84 Å². The number of rotatable bonds is 2. The first kappa shape index (κ1) is 11.6. The van der Waals surface area contributed by atoms with Crippen LogP contribution in [0.2, 0.25) is 0 Å². The number of ether oxygens (including phenoxy) is 1. The van der Waals surface area contributed by atoms with Gasteiger partial charge in [-0.1, -0.05) is 0 Å². The summed E-state index contributed by atoms with van der Waals surface area (Å²) in [7, 11) is 1.32. The molecule has 0 saturated carbocycles. The van der Waals surface area contributed by atoms with Gasteiger partial charge in [-0.2, -0.15) is 0 Å². The monoisotopic (exact) mass is 227 g/mol. The lowest BCUT2D eigenvalue weighted by Gasteiger charge is -2.24. The molecule has 15 heavy (non-hydrogen) atoms. The molecular weight excluding hydrogens is 218 g/mol. The molecule has 2 atom stereocenters. The Bertz CT molecular complexity index is 406. The Morgan fingerprint density at radius 2 is 2.33 bits per heavy atom. The Balaban J connectivity index is 3.34. The van der Waals surface area contributed by atoms with Gasteiger partial charge in [0, 0.05) is 7.11 Å². The molecule has 1 saturated heterocycles. The molecule has 5 nitrogen and oxygen atoms in total. The van der Waals surface area contributed by atoms with E-state index in [0.29, 0.717) is 0 Å². The first-order valence-electron chi connectivity index (χ1n) is 4.06. The second-order valence-corrected chi connectivity index (χ2v) is 3.45. The van der Waals surface area contributed by atoms with Crippen molar-refractivity contribution >= 4 is 29.2 Å². The van der Waals surface area contributed by atoms with Crippen molar-refractivity contribution < 1.29 is 19.4 Å². The molecular formula is C9H9NO4S. The molecule has 1 aliphatic rings. The number of methoxy groups -OCH3 is 1. The van der Waals surface area contributed by atoms with Crippen molar-refractivity contribution in [1.82, 2.24) is 5.32 Å². The molecule has 1 fully saturated rings. The average molecular weight is 227 g/mol. The minimum Gasteiger partial charge on any atom is -0.479 e. The fraction of sp³-hybridized carbons (Fsp3) is 0.444. The molecule has 2 N–H and O–H groups in total. The van der Waals surface area contributed by atoms with Crippen LogP contribution < -0.4 is 5.32 Å². The van der Waals surface area contributed by atoms with Crippen molar-refractivity contribution in [2.75, 3.05) is 7.11 Å². The molecule has 0 aromatic rings. The van der Waals surface area contributed by atoms with E-state index in [2.05, 4.69) is 22.6 Å². The van der Waals surface area contributed by atoms with Crippen molar-refractivity contribution in [1.29, 1.82) is 0 Å². The molecule has 0 bridgehead atoms. The summed E-state index contributed by atoms with van der Waals surface area (Å²) in [5, 5.41) is 13.9. The third-order valence-corrected chi connectivity index (χ3v) is 2.54. The van der Waals surface area contributed by atoms with Crippen molar-refractivity contribution in [3.05, 3.63) is 11.3 Å². The van der Waals surface area contributed by atoms with E-state index < -0.39 is 17.6 Å². The lowest BCUT2D eigenvalue weighted by Crippen LogP contribution is -2.52. The van der Waals surface area contributed by atoms with Gasteiger partial charge >= 0.3 is 5.97 Å². The number of aliphatic carboxylic acids is 1. The van der Waals surface area contributed by atoms with E-state index in [1.54, 1.807) is 5.94 Å². The highest BCUT2D eigenvalue weighted by molar-refractivity contribution is 7.78. The molecule has 0 aromatic carbocycles. The Hall–Kier alpha value is -1.45. The summed E-state index contributed by atoms with van der Waals surface area (Å²) in [6.07, 6.45) is -0.919. The number of hydrogen-bond acceptors (Lipinski definition) is 5. The number of carboxylic acid groups (broad SMARTS) is 1. The fourth-order valence-electron chi connectivity index (χ4n) is 1.52. The van der Waals surface area contributed by atoms with Crippen LogP contribution in [0.4, 0.5) is 0 Å². The van der Waals surface area contributed by atoms with E-state index in [9.17, 15) is 9.59 Å². The second-order valence-electron chi connectivity index (χ2n) is 3.24. The smallest absolute Gasteiger partial charge is 0.332 e. The van der Waals surface area contributed by atoms with E-state index in [1.807, 2.05) is 0 Å². The van der Waals surface area contributed by atoms with E-state index in [-0.39, 0.29) is 11.3 Å². The van der Waals surface area contributed by atoms with Crippen LogP contribution >= 0.6 is 12.2 Å². The van der Waals surface area contributed by atoms with E-state index >= 15 is 0 Å². The first-order valence-corrected chi connectivity index (χ1v) is 4.47. The van der Waals surface area contributed by atoms with Gasteiger partial charge in [0.25, 0.3) is 0 Å². The van der Waals surface area contributed by atoms with Gasteiger partial charge in [-0.15, -0.1) is 0 Å². The molecule has 0 amide bonds. The Labute approximate surface area is 91.4 Å². The number of thiocarbonyl (C=S) groups is 1. The molecule has 1 unspecified atom stereocenters. The predicted octanol–water partition coefficient (Wildman–Crippen LogP) is -0.312. The minimum absolute atomic E-state index is 0.0531. The number of carbonyl (C=O) groups excluding carboxylic acids is 1. The molecule has 1 heterocycles. The van der Waals surface area contributed by atoms with Crippen LogP contribution in [0.25, 0.3) is 0 Å². The van der Waals surface area contributed by atoms with Gasteiger partial charge in [-0.05, 0) is 24.2 Å². The van der Waals surface area contributed by atoms with Gasteiger partial charge in [0.15, 0.2) is 5.54 Å². The Morgan fingerprint density at radius 1 is 1.73 bits per heavy atom. The minimum atomic E-state index is -1.41. The third-order valence-electron chi connectivity index (χ3n) is 2.33. The summed E-state index contributed by atoms with van der Waals surface area (Å²) >= 11 is 4.55. The maximum absolute atomic E-state index is 11.1. The van der Waals surface area contributed by atoms with E-state index in [0.717, 1.165) is 0 Å². The maximum Gasteiger partial charge on any atom is 0.332 e. The molecule has 80 valence electrons. The lowest BCUT2D eigenvalue weighted by molar-refractivity contribution is -0.147. The van der Waals surface area contributed by atoms with Crippen molar-refractivity contribution in [3.63, 3.8) is 0 Å². The highest BCUT2D eigenvalue weighted by Crippen LogP contribution is 2.30. The van der Waals surface area contributed by atoms with Crippen LogP contribution in [0, 0.1) is 0 Å². The summed E-state index contributed by atoms with van der Waals surface area (Å²) in [4.78, 5) is 21.7. The Morgan fingerprint density at radius 3 is 2.67 bits per heavy atom. The van der Waals surface area contributed by atoms with Gasteiger partial charge in [-0.3, -0.25) is 0 Å². The van der Waals surface area contributed by atoms with Crippen LogP contribution in [-0.4, -0.2) is 40.8 Å². The molecule has 0 radical (unpaired) electrons. The van der Waals surface area contributed by atoms with Crippen LogP contribution in [0.1, 0.15) is 6.92 Å². The zero-order chi connectivity index (χ0) is 11.6. The third kappa shape index (κ3) is 1.60. The normalized spacial score (nSPS) is 29.3. The van der Waals surface area contributed by atoms with Gasteiger partial charge in [0.1, 0.15) is 17.7 Å². The number of nitrogens with one attached hydrogen (secondary N) is 1. The number of hydrogen-bond donors (Lipinski definition) is 2. The zero-order valence-corrected chi connectivity index (χ0v) is 8.97. The first-order chi connectivity index (χ1) is 7.01. The molecule has 1 aliphatic heterocycles. The quantitative estimate of drug-likeness (QED) is 0.498. The zero-order valence-electron chi connectivity index (χ0n) is 8.16. The standard InChI is InChI=1S/C9H9NO4S/c1-9(8(12)13)7(14-2)5(3-11)6(4-15)10-9/h7,10H,1-2H3,(H,12,13)/t7?,9-/m0/s1. The van der Waals surface area contributed by atoms with Crippen LogP contribution in [0.3, 0.4) is 0 Å². The van der Waals surface area contributed by atoms with Crippen LogP contribution in [-0.2, 0) is 14.3 Å². The molecule has 1 rings (SSSR count). The van der Waals surface area contributed by atoms with Gasteiger partial charge in [0.2, 0.25) is 0 Å². The average Bonchev–Trinajstić information content (AvgIpc) is 2.51.